The summed E-state index contributed by atoms with van der Waals surface area (Å²) >= 11 is 1.44. The number of hydrogen-bond acceptors (Lipinski definition) is 3. The number of carbonyl (C=O) groups excluding carboxylic acids is 1. The zero-order chi connectivity index (χ0) is 7.40. The van der Waals surface area contributed by atoms with Gasteiger partial charge in [-0.2, -0.15) is 0 Å². The van der Waals surface area contributed by atoms with Crippen molar-refractivity contribution in [1.29, 1.82) is 0 Å². The molecule has 2 nitrogen and oxygen atoms in total. The molecule has 0 aromatic carbocycles. The van der Waals surface area contributed by atoms with E-state index in [1.807, 2.05) is 6.92 Å². The third-order valence-corrected chi connectivity index (χ3v) is 2.73. The number of hydrogen-bond donors (Lipinski definition) is 0. The quantitative estimate of drug-likeness (QED) is 0.611. The molecule has 0 spiro atoms. The molecule has 1 atom stereocenters. The van der Waals surface area contributed by atoms with Crippen LogP contribution in [-0.2, 0) is 9.53 Å². The minimum absolute atomic E-state index is 0.288. The molecule has 1 fully saturated rings. The molecule has 1 aliphatic heterocycles. The summed E-state index contributed by atoms with van der Waals surface area (Å²) in [6.07, 6.45) is 1.68. The molecule has 0 aliphatic carbocycles. The third-order valence-electron chi connectivity index (χ3n) is 1.47. The van der Waals surface area contributed by atoms with Gasteiger partial charge >= 0.3 is 0 Å². The molecule has 0 aromatic rings. The highest BCUT2D eigenvalue weighted by Crippen LogP contribution is 2.21. The van der Waals surface area contributed by atoms with Crippen molar-refractivity contribution in [2.45, 2.75) is 25.0 Å². The van der Waals surface area contributed by atoms with Gasteiger partial charge in [0, 0.05) is 18.3 Å². The second-order valence-corrected chi connectivity index (χ2v) is 3.69. The summed E-state index contributed by atoms with van der Waals surface area (Å²) in [5.41, 5.74) is 0. The zero-order valence-electron chi connectivity index (χ0n) is 6.13. The van der Waals surface area contributed by atoms with E-state index < -0.39 is 0 Å². The molecule has 0 radical (unpaired) electrons. The SMILES string of the molecule is CCC(=O)SC1CCOC1. The second-order valence-electron chi connectivity index (χ2n) is 2.33. The lowest BCUT2D eigenvalue weighted by Crippen LogP contribution is -2.04. The Morgan fingerprint density at radius 1 is 1.80 bits per heavy atom. The minimum atomic E-state index is 0.288. The van der Waals surface area contributed by atoms with Gasteiger partial charge in [0.05, 0.1) is 6.61 Å². The molecule has 1 saturated heterocycles. The summed E-state index contributed by atoms with van der Waals surface area (Å²) in [6.45, 7) is 3.48. The van der Waals surface area contributed by atoms with E-state index in [-0.39, 0.29) is 5.12 Å². The lowest BCUT2D eigenvalue weighted by atomic mass is 10.4. The number of ether oxygens (including phenoxy) is 1. The molecule has 1 unspecified atom stereocenters. The van der Waals surface area contributed by atoms with Crippen LogP contribution < -0.4 is 0 Å². The first-order valence-electron chi connectivity index (χ1n) is 3.60. The maximum absolute atomic E-state index is 10.9. The first-order valence-corrected chi connectivity index (χ1v) is 4.48. The largest absolute Gasteiger partial charge is 0.380 e. The summed E-state index contributed by atoms with van der Waals surface area (Å²) in [6, 6.07) is 0. The monoisotopic (exact) mass is 160 g/mol. The van der Waals surface area contributed by atoms with Crippen LogP contribution in [0.25, 0.3) is 0 Å². The van der Waals surface area contributed by atoms with E-state index in [1.165, 1.54) is 11.8 Å². The molecule has 0 N–H and O–H groups in total. The summed E-state index contributed by atoms with van der Waals surface area (Å²) in [5.74, 6) is 0. The van der Waals surface area contributed by atoms with Crippen LogP contribution in [0.15, 0.2) is 0 Å². The number of carbonyl (C=O) groups is 1. The van der Waals surface area contributed by atoms with E-state index in [9.17, 15) is 4.79 Å². The van der Waals surface area contributed by atoms with Crippen LogP contribution in [0, 0.1) is 0 Å². The Labute approximate surface area is 65.3 Å². The second kappa shape index (κ2) is 3.98. The summed E-state index contributed by atoms with van der Waals surface area (Å²) in [7, 11) is 0. The van der Waals surface area contributed by atoms with Crippen molar-refractivity contribution >= 4 is 16.9 Å². The van der Waals surface area contributed by atoms with Crippen molar-refractivity contribution in [3.8, 4) is 0 Å². The summed E-state index contributed by atoms with van der Waals surface area (Å²) in [5, 5.41) is 0.725. The van der Waals surface area contributed by atoms with Crippen molar-refractivity contribution in [2.75, 3.05) is 13.2 Å². The van der Waals surface area contributed by atoms with Crippen molar-refractivity contribution < 1.29 is 9.53 Å². The Morgan fingerprint density at radius 2 is 2.60 bits per heavy atom. The van der Waals surface area contributed by atoms with Gasteiger partial charge in [0.1, 0.15) is 0 Å². The highest BCUT2D eigenvalue weighted by Gasteiger charge is 2.18. The predicted molar refractivity (Wildman–Crippen MR) is 42.1 cm³/mol. The topological polar surface area (TPSA) is 26.3 Å². The van der Waals surface area contributed by atoms with E-state index in [0.717, 1.165) is 19.6 Å². The Kier molecular flexibility index (Phi) is 3.22. The van der Waals surface area contributed by atoms with E-state index >= 15 is 0 Å². The molecular formula is C7H12O2S. The molecule has 0 saturated carbocycles. The maximum atomic E-state index is 10.9. The van der Waals surface area contributed by atoms with Crippen LogP contribution in [0.4, 0.5) is 0 Å². The Morgan fingerprint density at radius 3 is 3.10 bits per heavy atom. The van der Waals surface area contributed by atoms with Gasteiger partial charge in [0.15, 0.2) is 5.12 Å². The van der Waals surface area contributed by atoms with Gasteiger partial charge in [-0.1, -0.05) is 18.7 Å². The third kappa shape index (κ3) is 2.31. The zero-order valence-corrected chi connectivity index (χ0v) is 6.95. The van der Waals surface area contributed by atoms with Crippen molar-refractivity contribution in [3.63, 3.8) is 0 Å². The van der Waals surface area contributed by atoms with Crippen LogP contribution in [0.2, 0.25) is 0 Å². The van der Waals surface area contributed by atoms with Crippen LogP contribution in [0.5, 0.6) is 0 Å². The fourth-order valence-corrected chi connectivity index (χ4v) is 1.79. The van der Waals surface area contributed by atoms with Gasteiger partial charge in [-0.05, 0) is 6.42 Å². The first kappa shape index (κ1) is 8.08. The smallest absolute Gasteiger partial charge is 0.189 e. The fourth-order valence-electron chi connectivity index (χ4n) is 0.875. The van der Waals surface area contributed by atoms with Crippen LogP contribution in [0.3, 0.4) is 0 Å². The molecule has 3 heteroatoms. The lowest BCUT2D eigenvalue weighted by molar-refractivity contribution is -0.110. The fraction of sp³-hybridized carbons (Fsp3) is 0.857. The standard InChI is InChI=1S/C7H12O2S/c1-2-7(8)10-6-3-4-9-5-6/h6H,2-5H2,1H3. The molecular weight excluding hydrogens is 148 g/mol. The average Bonchev–Trinajstić information content (AvgIpc) is 2.40. The maximum Gasteiger partial charge on any atom is 0.189 e. The van der Waals surface area contributed by atoms with Gasteiger partial charge in [-0.15, -0.1) is 0 Å². The summed E-state index contributed by atoms with van der Waals surface area (Å²) < 4.78 is 5.13. The molecule has 58 valence electrons. The molecule has 1 heterocycles. The highest BCUT2D eigenvalue weighted by atomic mass is 32.2. The summed E-state index contributed by atoms with van der Waals surface area (Å²) in [4.78, 5) is 10.9. The van der Waals surface area contributed by atoms with Gasteiger partial charge in [0.2, 0.25) is 0 Å². The lowest BCUT2D eigenvalue weighted by Gasteiger charge is -2.02. The average molecular weight is 160 g/mol. The molecule has 0 aromatic heterocycles. The molecule has 1 rings (SSSR count). The van der Waals surface area contributed by atoms with Crippen LogP contribution in [0.1, 0.15) is 19.8 Å². The number of thioether (sulfide) groups is 1. The van der Waals surface area contributed by atoms with Crippen molar-refractivity contribution in [2.24, 2.45) is 0 Å². The van der Waals surface area contributed by atoms with Crippen molar-refractivity contribution in [1.82, 2.24) is 0 Å². The molecule has 1 aliphatic rings. The number of rotatable bonds is 2. The molecule has 0 bridgehead atoms. The van der Waals surface area contributed by atoms with Gasteiger partial charge in [-0.3, -0.25) is 4.79 Å². The van der Waals surface area contributed by atoms with E-state index in [2.05, 4.69) is 0 Å². The van der Waals surface area contributed by atoms with Crippen LogP contribution >= 0.6 is 11.8 Å². The molecule has 0 amide bonds. The van der Waals surface area contributed by atoms with Crippen LogP contribution in [-0.4, -0.2) is 23.6 Å². The van der Waals surface area contributed by atoms with Gasteiger partial charge in [-0.25, -0.2) is 0 Å². The van der Waals surface area contributed by atoms with Gasteiger partial charge < -0.3 is 4.74 Å². The molecule has 10 heavy (non-hydrogen) atoms. The normalized spacial score (nSPS) is 25.1. The first-order chi connectivity index (χ1) is 4.83. The van der Waals surface area contributed by atoms with E-state index in [0.29, 0.717) is 11.7 Å². The van der Waals surface area contributed by atoms with Crippen molar-refractivity contribution in [3.05, 3.63) is 0 Å². The Bertz CT molecular complexity index is 119. The Hall–Kier alpha value is -0.0200. The highest BCUT2D eigenvalue weighted by molar-refractivity contribution is 8.14. The predicted octanol–water partition coefficient (Wildman–Crippen LogP) is 1.45. The van der Waals surface area contributed by atoms with E-state index in [4.69, 9.17) is 4.74 Å². The van der Waals surface area contributed by atoms with Gasteiger partial charge in [0.25, 0.3) is 0 Å². The minimum Gasteiger partial charge on any atom is -0.380 e. The van der Waals surface area contributed by atoms with E-state index in [1.54, 1.807) is 0 Å². The Balaban J connectivity index is 2.17.